The van der Waals surface area contributed by atoms with Gasteiger partial charge in [-0.3, -0.25) is 4.79 Å². The Bertz CT molecular complexity index is 373. The highest BCUT2D eigenvalue weighted by molar-refractivity contribution is 5.74. The molecule has 0 bridgehead atoms. The lowest BCUT2D eigenvalue weighted by molar-refractivity contribution is -0.118. The summed E-state index contributed by atoms with van der Waals surface area (Å²) >= 11 is 0. The van der Waals surface area contributed by atoms with Gasteiger partial charge in [0.2, 0.25) is 5.91 Å². The number of hydrogen-bond donors (Lipinski definition) is 2. The van der Waals surface area contributed by atoms with Crippen LogP contribution in [-0.4, -0.2) is 11.9 Å². The summed E-state index contributed by atoms with van der Waals surface area (Å²) < 4.78 is 5.42. The van der Waals surface area contributed by atoms with E-state index in [9.17, 15) is 4.79 Å². The quantitative estimate of drug-likeness (QED) is 0.811. The zero-order valence-corrected chi connectivity index (χ0v) is 9.53. The molecule has 2 unspecified atom stereocenters. The van der Waals surface area contributed by atoms with Gasteiger partial charge in [0.1, 0.15) is 5.76 Å². The van der Waals surface area contributed by atoms with E-state index < -0.39 is 0 Å². The number of primary amides is 1. The number of rotatable bonds is 4. The Hall–Kier alpha value is -1.29. The molecule has 0 aromatic carbocycles. The lowest BCUT2D eigenvalue weighted by Gasteiger charge is -2.25. The van der Waals surface area contributed by atoms with Gasteiger partial charge in [-0.1, -0.05) is 0 Å². The number of furan rings is 1. The first-order valence-electron chi connectivity index (χ1n) is 5.77. The lowest BCUT2D eigenvalue weighted by atomic mass is 9.93. The Morgan fingerprint density at radius 2 is 2.56 bits per heavy atom. The van der Waals surface area contributed by atoms with Crippen molar-refractivity contribution in [1.82, 2.24) is 5.32 Å². The highest BCUT2D eigenvalue weighted by Gasteiger charge is 2.23. The molecule has 1 aromatic heterocycles. The van der Waals surface area contributed by atoms with Crippen molar-refractivity contribution in [2.24, 2.45) is 5.73 Å². The maximum Gasteiger partial charge on any atom is 0.218 e. The van der Waals surface area contributed by atoms with Crippen molar-refractivity contribution in [2.75, 3.05) is 0 Å². The summed E-state index contributed by atoms with van der Waals surface area (Å²) in [6.45, 7) is 1.99. The van der Waals surface area contributed by atoms with Crippen LogP contribution in [0, 0.1) is 0 Å². The topological polar surface area (TPSA) is 68.3 Å². The monoisotopic (exact) mass is 222 g/mol. The minimum atomic E-state index is -0.261. The molecule has 1 amide bonds. The normalized spacial score (nSPS) is 21.4. The molecule has 4 heteroatoms. The van der Waals surface area contributed by atoms with Gasteiger partial charge in [0.15, 0.2) is 0 Å². The van der Waals surface area contributed by atoms with Crippen LogP contribution in [0.5, 0.6) is 0 Å². The zero-order valence-electron chi connectivity index (χ0n) is 9.53. The van der Waals surface area contributed by atoms with E-state index in [0.717, 1.165) is 25.0 Å². The van der Waals surface area contributed by atoms with Gasteiger partial charge in [0.05, 0.1) is 6.26 Å². The molecular weight excluding hydrogens is 204 g/mol. The molecule has 0 saturated carbocycles. The average Bonchev–Trinajstić information content (AvgIpc) is 2.65. The molecule has 0 radical (unpaired) electrons. The molecule has 2 rings (SSSR count). The number of carbonyl (C=O) groups excluding carboxylic acids is 1. The van der Waals surface area contributed by atoms with E-state index in [0.29, 0.717) is 12.5 Å². The fraction of sp³-hybridized carbons (Fsp3) is 0.583. The zero-order chi connectivity index (χ0) is 11.5. The minimum absolute atomic E-state index is 0.114. The van der Waals surface area contributed by atoms with Crippen LogP contribution in [0.3, 0.4) is 0 Å². The molecular formula is C12H18N2O2. The summed E-state index contributed by atoms with van der Waals surface area (Å²) in [5, 5.41) is 3.43. The molecule has 3 N–H and O–H groups in total. The average molecular weight is 222 g/mol. The molecule has 1 aliphatic carbocycles. The second kappa shape index (κ2) is 4.70. The summed E-state index contributed by atoms with van der Waals surface area (Å²) in [6, 6.07) is 2.43. The highest BCUT2D eigenvalue weighted by Crippen LogP contribution is 2.30. The maximum atomic E-state index is 10.8. The number of nitrogens with one attached hydrogen (secondary N) is 1. The van der Waals surface area contributed by atoms with Gasteiger partial charge in [-0.15, -0.1) is 0 Å². The number of hydrogen-bond acceptors (Lipinski definition) is 3. The van der Waals surface area contributed by atoms with Crippen molar-refractivity contribution < 1.29 is 9.21 Å². The Balaban J connectivity index is 1.99. The van der Waals surface area contributed by atoms with Crippen LogP contribution in [0.2, 0.25) is 0 Å². The highest BCUT2D eigenvalue weighted by atomic mass is 16.3. The minimum Gasteiger partial charge on any atom is -0.469 e. The van der Waals surface area contributed by atoms with Gasteiger partial charge < -0.3 is 15.5 Å². The maximum absolute atomic E-state index is 10.8. The van der Waals surface area contributed by atoms with Crippen LogP contribution >= 0.6 is 0 Å². The van der Waals surface area contributed by atoms with Crippen molar-refractivity contribution in [3.05, 3.63) is 23.7 Å². The van der Waals surface area contributed by atoms with Crippen molar-refractivity contribution >= 4 is 5.91 Å². The number of amides is 1. The van der Waals surface area contributed by atoms with Crippen molar-refractivity contribution in [1.29, 1.82) is 0 Å². The predicted molar refractivity (Wildman–Crippen MR) is 60.8 cm³/mol. The van der Waals surface area contributed by atoms with Gasteiger partial charge in [-0.05, 0) is 25.8 Å². The Morgan fingerprint density at radius 1 is 1.75 bits per heavy atom. The van der Waals surface area contributed by atoms with Crippen LogP contribution in [-0.2, 0) is 11.2 Å². The Morgan fingerprint density at radius 3 is 3.31 bits per heavy atom. The molecule has 2 atom stereocenters. The first kappa shape index (κ1) is 11.2. The molecule has 16 heavy (non-hydrogen) atoms. The second-order valence-corrected chi connectivity index (χ2v) is 4.48. The van der Waals surface area contributed by atoms with E-state index in [2.05, 4.69) is 5.32 Å². The number of aryl methyl sites for hydroxylation is 1. The molecule has 0 saturated heterocycles. The lowest BCUT2D eigenvalue weighted by Crippen LogP contribution is -2.35. The standard InChI is InChI=1S/C12H18N2O2/c1-8(7-12(13)15)14-10-3-2-4-11-9(10)5-6-16-11/h5-6,8,10,14H,2-4,7H2,1H3,(H2,13,15). The van der Waals surface area contributed by atoms with Gasteiger partial charge in [-0.25, -0.2) is 0 Å². The van der Waals surface area contributed by atoms with Gasteiger partial charge in [0, 0.05) is 30.5 Å². The third-order valence-corrected chi connectivity index (χ3v) is 3.05. The Kier molecular flexibility index (Phi) is 3.29. The SMILES string of the molecule is CC(CC(N)=O)NC1CCCc2occc21. The Labute approximate surface area is 95.2 Å². The van der Waals surface area contributed by atoms with Crippen molar-refractivity contribution in [3.63, 3.8) is 0 Å². The number of carbonyl (C=O) groups is 1. The van der Waals surface area contributed by atoms with Gasteiger partial charge in [0.25, 0.3) is 0 Å². The molecule has 0 fully saturated rings. The molecule has 0 spiro atoms. The summed E-state index contributed by atoms with van der Waals surface area (Å²) in [6.07, 6.45) is 5.36. The van der Waals surface area contributed by atoms with Crippen molar-refractivity contribution in [2.45, 2.75) is 44.7 Å². The van der Waals surface area contributed by atoms with E-state index in [1.54, 1.807) is 6.26 Å². The second-order valence-electron chi connectivity index (χ2n) is 4.48. The molecule has 1 aliphatic rings. The predicted octanol–water partition coefficient (Wildman–Crippen LogP) is 1.51. The van der Waals surface area contributed by atoms with Gasteiger partial charge in [-0.2, -0.15) is 0 Å². The summed E-state index contributed by atoms with van der Waals surface area (Å²) in [5.74, 6) is 0.818. The number of fused-ring (bicyclic) bond motifs is 1. The molecule has 88 valence electrons. The van der Waals surface area contributed by atoms with Gasteiger partial charge >= 0.3 is 0 Å². The fourth-order valence-electron chi connectivity index (χ4n) is 2.36. The van der Waals surface area contributed by atoms with E-state index in [4.69, 9.17) is 10.2 Å². The first-order chi connectivity index (χ1) is 7.66. The van der Waals surface area contributed by atoms with E-state index in [1.807, 2.05) is 13.0 Å². The molecule has 4 nitrogen and oxygen atoms in total. The van der Waals surface area contributed by atoms with Crippen LogP contribution in [0.25, 0.3) is 0 Å². The third-order valence-electron chi connectivity index (χ3n) is 3.05. The summed E-state index contributed by atoms with van der Waals surface area (Å²) in [7, 11) is 0. The number of nitrogens with two attached hydrogens (primary N) is 1. The van der Waals surface area contributed by atoms with E-state index in [-0.39, 0.29) is 11.9 Å². The summed E-state index contributed by atoms with van der Waals surface area (Å²) in [4.78, 5) is 10.8. The van der Waals surface area contributed by atoms with Crippen LogP contribution in [0.1, 0.15) is 43.6 Å². The fourth-order valence-corrected chi connectivity index (χ4v) is 2.36. The largest absolute Gasteiger partial charge is 0.469 e. The third kappa shape index (κ3) is 2.44. The van der Waals surface area contributed by atoms with Crippen LogP contribution in [0.4, 0.5) is 0 Å². The first-order valence-corrected chi connectivity index (χ1v) is 5.77. The van der Waals surface area contributed by atoms with Crippen molar-refractivity contribution in [3.8, 4) is 0 Å². The molecule has 1 aromatic rings. The van der Waals surface area contributed by atoms with E-state index in [1.165, 1.54) is 5.56 Å². The van der Waals surface area contributed by atoms with E-state index >= 15 is 0 Å². The van der Waals surface area contributed by atoms with Crippen LogP contribution < -0.4 is 11.1 Å². The smallest absolute Gasteiger partial charge is 0.218 e. The molecule has 0 aliphatic heterocycles. The molecule has 1 heterocycles. The summed E-state index contributed by atoms with van der Waals surface area (Å²) in [5.41, 5.74) is 6.41. The van der Waals surface area contributed by atoms with Crippen LogP contribution in [0.15, 0.2) is 16.7 Å².